The van der Waals surface area contributed by atoms with Crippen molar-refractivity contribution in [1.29, 1.82) is 0 Å². The minimum absolute atomic E-state index is 0.186. The van der Waals surface area contributed by atoms with Crippen LogP contribution in [0.1, 0.15) is 11.1 Å². The molecule has 0 heterocycles. The molecule has 84 valence electrons. The largest absolute Gasteiger partial charge is 0.395 e. The van der Waals surface area contributed by atoms with E-state index in [1.165, 1.54) is 11.1 Å². The molecule has 3 N–H and O–H groups in total. The Bertz CT molecular complexity index is 283. The number of nitrogens with two attached hydrogens (primary N) is 1. The van der Waals surface area contributed by atoms with Crippen molar-refractivity contribution in [1.82, 2.24) is 4.90 Å². The molecular weight excluding hydrogens is 188 g/mol. The molecule has 0 unspecified atom stereocenters. The molecule has 1 aromatic rings. The lowest BCUT2D eigenvalue weighted by Crippen LogP contribution is -2.31. The Morgan fingerprint density at radius 1 is 1.27 bits per heavy atom. The first-order chi connectivity index (χ1) is 7.27. The van der Waals surface area contributed by atoms with Gasteiger partial charge in [0.2, 0.25) is 0 Å². The molecule has 15 heavy (non-hydrogen) atoms. The lowest BCUT2D eigenvalue weighted by Gasteiger charge is -2.21. The normalized spacial score (nSPS) is 10.9. The highest BCUT2D eigenvalue weighted by Crippen LogP contribution is 2.09. The Morgan fingerprint density at radius 2 is 2.00 bits per heavy atom. The van der Waals surface area contributed by atoms with E-state index in [1.807, 2.05) is 12.1 Å². The zero-order valence-electron chi connectivity index (χ0n) is 9.32. The number of rotatable bonds is 6. The highest BCUT2D eigenvalue weighted by atomic mass is 16.3. The molecule has 0 saturated carbocycles. The molecule has 0 aliphatic carbocycles. The number of aryl methyl sites for hydroxylation is 1. The minimum Gasteiger partial charge on any atom is -0.395 e. The smallest absolute Gasteiger partial charge is 0.0558 e. The Balaban J connectivity index is 2.60. The van der Waals surface area contributed by atoms with E-state index in [1.54, 1.807) is 0 Å². The summed E-state index contributed by atoms with van der Waals surface area (Å²) in [5.41, 5.74) is 8.12. The van der Waals surface area contributed by atoms with E-state index >= 15 is 0 Å². The number of hydrogen-bond donors (Lipinski definition) is 2. The fourth-order valence-electron chi connectivity index (χ4n) is 1.62. The van der Waals surface area contributed by atoms with E-state index in [9.17, 15) is 0 Å². The summed E-state index contributed by atoms with van der Waals surface area (Å²) in [5.74, 6) is 0. The van der Waals surface area contributed by atoms with Gasteiger partial charge in [0.05, 0.1) is 6.61 Å². The number of aliphatic hydroxyl groups is 1. The van der Waals surface area contributed by atoms with Gasteiger partial charge in [0.25, 0.3) is 0 Å². The van der Waals surface area contributed by atoms with Crippen molar-refractivity contribution in [3.8, 4) is 0 Å². The molecule has 0 aliphatic heterocycles. The van der Waals surface area contributed by atoms with Gasteiger partial charge in [0.15, 0.2) is 0 Å². The van der Waals surface area contributed by atoms with Crippen molar-refractivity contribution in [2.75, 3.05) is 26.2 Å². The Hall–Kier alpha value is -0.900. The Morgan fingerprint density at radius 3 is 2.60 bits per heavy atom. The second-order valence-electron chi connectivity index (χ2n) is 3.71. The number of aliphatic hydroxyl groups excluding tert-OH is 1. The van der Waals surface area contributed by atoms with Crippen LogP contribution in [-0.4, -0.2) is 36.2 Å². The second-order valence-corrected chi connectivity index (χ2v) is 3.71. The first kappa shape index (κ1) is 12.2. The SMILES string of the molecule is Cc1ccccc1CN(CCN)CCO. The highest BCUT2D eigenvalue weighted by molar-refractivity contribution is 5.25. The molecule has 0 aliphatic rings. The zero-order valence-corrected chi connectivity index (χ0v) is 9.32. The first-order valence-corrected chi connectivity index (χ1v) is 5.35. The molecule has 1 rings (SSSR count). The fraction of sp³-hybridized carbons (Fsp3) is 0.500. The van der Waals surface area contributed by atoms with Gasteiger partial charge in [-0.25, -0.2) is 0 Å². The molecule has 3 heteroatoms. The lowest BCUT2D eigenvalue weighted by molar-refractivity contribution is 0.193. The van der Waals surface area contributed by atoms with Crippen LogP contribution in [0.5, 0.6) is 0 Å². The summed E-state index contributed by atoms with van der Waals surface area (Å²) in [7, 11) is 0. The average molecular weight is 208 g/mol. The summed E-state index contributed by atoms with van der Waals surface area (Å²) in [6, 6.07) is 8.31. The third-order valence-corrected chi connectivity index (χ3v) is 2.52. The monoisotopic (exact) mass is 208 g/mol. The standard InChI is InChI=1S/C12H20N2O/c1-11-4-2-3-5-12(11)10-14(7-6-13)8-9-15/h2-5,15H,6-10,13H2,1H3. The van der Waals surface area contributed by atoms with Crippen LogP contribution >= 0.6 is 0 Å². The maximum atomic E-state index is 8.93. The van der Waals surface area contributed by atoms with E-state index in [0.717, 1.165) is 13.1 Å². The summed E-state index contributed by atoms with van der Waals surface area (Å²) >= 11 is 0. The third-order valence-electron chi connectivity index (χ3n) is 2.52. The molecule has 0 radical (unpaired) electrons. The van der Waals surface area contributed by atoms with Crippen LogP contribution in [0.2, 0.25) is 0 Å². The minimum atomic E-state index is 0.186. The third kappa shape index (κ3) is 4.00. The van der Waals surface area contributed by atoms with Crippen molar-refractivity contribution < 1.29 is 5.11 Å². The molecule has 0 saturated heterocycles. The van der Waals surface area contributed by atoms with Crippen molar-refractivity contribution in [2.24, 2.45) is 5.73 Å². The molecule has 0 spiro atoms. The van der Waals surface area contributed by atoms with E-state index in [-0.39, 0.29) is 6.61 Å². The van der Waals surface area contributed by atoms with Gasteiger partial charge in [-0.15, -0.1) is 0 Å². The Kier molecular flexibility index (Phi) is 5.32. The molecule has 1 aromatic carbocycles. The highest BCUT2D eigenvalue weighted by Gasteiger charge is 2.05. The maximum absolute atomic E-state index is 8.93. The van der Waals surface area contributed by atoms with Crippen LogP contribution in [-0.2, 0) is 6.54 Å². The van der Waals surface area contributed by atoms with Gasteiger partial charge in [-0.3, -0.25) is 4.90 Å². The fourth-order valence-corrected chi connectivity index (χ4v) is 1.62. The van der Waals surface area contributed by atoms with E-state index in [4.69, 9.17) is 10.8 Å². The van der Waals surface area contributed by atoms with E-state index in [2.05, 4.69) is 24.0 Å². The van der Waals surface area contributed by atoms with E-state index in [0.29, 0.717) is 13.1 Å². The maximum Gasteiger partial charge on any atom is 0.0558 e. The number of nitrogens with zero attached hydrogens (tertiary/aromatic N) is 1. The Labute approximate surface area is 91.5 Å². The molecule has 0 amide bonds. The van der Waals surface area contributed by atoms with Crippen LogP contribution in [0.3, 0.4) is 0 Å². The number of hydrogen-bond acceptors (Lipinski definition) is 3. The van der Waals surface area contributed by atoms with Crippen LogP contribution in [0.25, 0.3) is 0 Å². The zero-order chi connectivity index (χ0) is 11.1. The molecule has 0 fully saturated rings. The first-order valence-electron chi connectivity index (χ1n) is 5.35. The van der Waals surface area contributed by atoms with E-state index < -0.39 is 0 Å². The van der Waals surface area contributed by atoms with Crippen molar-refractivity contribution in [3.05, 3.63) is 35.4 Å². The van der Waals surface area contributed by atoms with Gasteiger partial charge in [0.1, 0.15) is 0 Å². The predicted molar refractivity (Wildman–Crippen MR) is 62.6 cm³/mol. The molecule has 0 atom stereocenters. The van der Waals surface area contributed by atoms with Crippen LogP contribution < -0.4 is 5.73 Å². The summed E-state index contributed by atoms with van der Waals surface area (Å²) < 4.78 is 0. The second kappa shape index (κ2) is 6.56. The van der Waals surface area contributed by atoms with Crippen LogP contribution in [0.4, 0.5) is 0 Å². The summed E-state index contributed by atoms with van der Waals surface area (Å²) in [6.45, 7) is 5.30. The average Bonchev–Trinajstić information content (AvgIpc) is 2.22. The molecule has 0 aromatic heterocycles. The summed E-state index contributed by atoms with van der Waals surface area (Å²) in [6.07, 6.45) is 0. The van der Waals surface area contributed by atoms with Gasteiger partial charge < -0.3 is 10.8 Å². The van der Waals surface area contributed by atoms with Crippen molar-refractivity contribution in [2.45, 2.75) is 13.5 Å². The topological polar surface area (TPSA) is 49.5 Å². The molecular formula is C12H20N2O. The van der Waals surface area contributed by atoms with Crippen LogP contribution in [0.15, 0.2) is 24.3 Å². The van der Waals surface area contributed by atoms with Gasteiger partial charge in [0, 0.05) is 26.2 Å². The van der Waals surface area contributed by atoms with Crippen LogP contribution in [0, 0.1) is 6.92 Å². The van der Waals surface area contributed by atoms with Crippen molar-refractivity contribution in [3.63, 3.8) is 0 Å². The summed E-state index contributed by atoms with van der Waals surface area (Å²) in [4.78, 5) is 2.17. The van der Waals surface area contributed by atoms with Gasteiger partial charge in [-0.05, 0) is 18.1 Å². The van der Waals surface area contributed by atoms with Gasteiger partial charge in [-0.2, -0.15) is 0 Å². The summed E-state index contributed by atoms with van der Waals surface area (Å²) in [5, 5.41) is 8.93. The van der Waals surface area contributed by atoms with Crippen molar-refractivity contribution >= 4 is 0 Å². The van der Waals surface area contributed by atoms with Gasteiger partial charge in [-0.1, -0.05) is 24.3 Å². The molecule has 3 nitrogen and oxygen atoms in total. The number of benzene rings is 1. The van der Waals surface area contributed by atoms with Gasteiger partial charge >= 0.3 is 0 Å². The lowest BCUT2D eigenvalue weighted by atomic mass is 10.1. The molecule has 0 bridgehead atoms. The predicted octanol–water partition coefficient (Wildman–Crippen LogP) is 0.748. The quantitative estimate of drug-likeness (QED) is 0.725.